The van der Waals surface area contributed by atoms with Gasteiger partial charge in [-0.1, -0.05) is 0 Å². The molecule has 1 heterocycles. The van der Waals surface area contributed by atoms with E-state index in [1.807, 2.05) is 6.92 Å². The smallest absolute Gasteiger partial charge is 0.311 e. The van der Waals surface area contributed by atoms with Gasteiger partial charge < -0.3 is 10.4 Å². The standard InChI is InChI=1S/C9H11NO3S/c1-5-2-6(9(14)10-4-5)7(11)3-8(12)13/h2,4,9-10,14H,3H2,1H3,(H,12,13). The number of rotatable bonds is 3. The summed E-state index contributed by atoms with van der Waals surface area (Å²) in [5, 5.41) is 10.9. The summed E-state index contributed by atoms with van der Waals surface area (Å²) < 4.78 is 0. The van der Waals surface area contributed by atoms with Crippen LogP contribution in [0.4, 0.5) is 0 Å². The molecule has 0 bridgehead atoms. The van der Waals surface area contributed by atoms with Gasteiger partial charge in [0.2, 0.25) is 0 Å². The second-order valence-corrected chi connectivity index (χ2v) is 3.57. The molecule has 0 aromatic heterocycles. The lowest BCUT2D eigenvalue weighted by Gasteiger charge is -2.18. The first-order valence-electron chi connectivity index (χ1n) is 4.08. The molecular weight excluding hydrogens is 202 g/mol. The van der Waals surface area contributed by atoms with E-state index in [1.165, 1.54) is 0 Å². The molecule has 0 radical (unpaired) electrons. The fourth-order valence-electron chi connectivity index (χ4n) is 1.14. The zero-order valence-corrected chi connectivity index (χ0v) is 8.54. The maximum absolute atomic E-state index is 11.4. The highest BCUT2D eigenvalue weighted by Crippen LogP contribution is 2.17. The van der Waals surface area contributed by atoms with Crippen LogP contribution in [-0.4, -0.2) is 22.2 Å². The summed E-state index contributed by atoms with van der Waals surface area (Å²) in [6.45, 7) is 1.82. The molecule has 0 saturated carbocycles. The molecule has 14 heavy (non-hydrogen) atoms. The van der Waals surface area contributed by atoms with Crippen LogP contribution in [-0.2, 0) is 9.59 Å². The minimum atomic E-state index is -1.12. The van der Waals surface area contributed by atoms with Crippen LogP contribution in [0.25, 0.3) is 0 Å². The van der Waals surface area contributed by atoms with Gasteiger partial charge >= 0.3 is 5.97 Å². The number of carboxylic acids is 1. The highest BCUT2D eigenvalue weighted by molar-refractivity contribution is 7.81. The van der Waals surface area contributed by atoms with Crippen molar-refractivity contribution in [3.63, 3.8) is 0 Å². The average Bonchev–Trinajstić information content (AvgIpc) is 2.08. The summed E-state index contributed by atoms with van der Waals surface area (Å²) in [6, 6.07) is 0. The van der Waals surface area contributed by atoms with Gasteiger partial charge in [0.25, 0.3) is 0 Å². The quantitative estimate of drug-likeness (QED) is 0.477. The average molecular weight is 213 g/mol. The normalized spacial score (nSPS) is 20.6. The SMILES string of the molecule is CC1=CNC(S)C(C(=O)CC(=O)O)=C1. The molecular formula is C9H11NO3S. The first-order chi connectivity index (χ1) is 6.50. The number of carboxylic acid groups (broad SMARTS) is 1. The van der Waals surface area contributed by atoms with Gasteiger partial charge in [-0.05, 0) is 18.6 Å². The number of thiol groups is 1. The molecule has 0 spiro atoms. The van der Waals surface area contributed by atoms with Crippen LogP contribution in [0.3, 0.4) is 0 Å². The molecule has 1 aliphatic heterocycles. The van der Waals surface area contributed by atoms with Crippen molar-refractivity contribution in [2.75, 3.05) is 0 Å². The third-order valence-corrected chi connectivity index (χ3v) is 2.21. The lowest BCUT2D eigenvalue weighted by atomic mass is 10.0. The van der Waals surface area contributed by atoms with Crippen molar-refractivity contribution in [3.8, 4) is 0 Å². The number of carbonyl (C=O) groups excluding carboxylic acids is 1. The van der Waals surface area contributed by atoms with Crippen LogP contribution in [0.15, 0.2) is 23.4 Å². The van der Waals surface area contributed by atoms with Crippen LogP contribution in [0.2, 0.25) is 0 Å². The molecule has 0 aliphatic carbocycles. The van der Waals surface area contributed by atoms with Crippen molar-refractivity contribution < 1.29 is 14.7 Å². The lowest BCUT2D eigenvalue weighted by Crippen LogP contribution is -2.29. The molecule has 1 unspecified atom stereocenters. The number of ketones is 1. The van der Waals surface area contributed by atoms with Gasteiger partial charge in [0.05, 0.1) is 5.37 Å². The molecule has 76 valence electrons. The first kappa shape index (κ1) is 10.8. The number of hydrogen-bond donors (Lipinski definition) is 3. The fourth-order valence-corrected chi connectivity index (χ4v) is 1.43. The summed E-state index contributed by atoms with van der Waals surface area (Å²) in [4.78, 5) is 21.7. The maximum atomic E-state index is 11.4. The van der Waals surface area contributed by atoms with Gasteiger partial charge in [-0.3, -0.25) is 9.59 Å². The Kier molecular flexibility index (Phi) is 3.35. The van der Waals surface area contributed by atoms with Crippen molar-refractivity contribution in [1.29, 1.82) is 0 Å². The second-order valence-electron chi connectivity index (χ2n) is 3.05. The van der Waals surface area contributed by atoms with Crippen LogP contribution < -0.4 is 5.32 Å². The number of hydrogen-bond acceptors (Lipinski definition) is 4. The van der Waals surface area contributed by atoms with Gasteiger partial charge in [-0.15, -0.1) is 12.6 Å². The Hall–Kier alpha value is -1.23. The molecule has 5 heteroatoms. The van der Waals surface area contributed by atoms with Crippen LogP contribution in [0, 0.1) is 0 Å². The number of allylic oxidation sites excluding steroid dienone is 2. The minimum absolute atomic E-state index is 0.399. The molecule has 0 aromatic rings. The van der Waals surface area contributed by atoms with E-state index in [9.17, 15) is 9.59 Å². The molecule has 0 amide bonds. The van der Waals surface area contributed by atoms with E-state index >= 15 is 0 Å². The van der Waals surface area contributed by atoms with Crippen molar-refractivity contribution in [2.24, 2.45) is 0 Å². The number of carbonyl (C=O) groups is 2. The summed E-state index contributed by atoms with van der Waals surface area (Å²) in [7, 11) is 0. The number of nitrogens with one attached hydrogen (secondary N) is 1. The largest absolute Gasteiger partial charge is 0.481 e. The van der Waals surface area contributed by atoms with E-state index < -0.39 is 23.5 Å². The Bertz CT molecular complexity index is 333. The van der Waals surface area contributed by atoms with Crippen LogP contribution in [0.5, 0.6) is 0 Å². The fraction of sp³-hybridized carbons (Fsp3) is 0.333. The zero-order chi connectivity index (χ0) is 10.7. The van der Waals surface area contributed by atoms with Gasteiger partial charge in [-0.2, -0.15) is 0 Å². The highest BCUT2D eigenvalue weighted by atomic mass is 32.1. The topological polar surface area (TPSA) is 66.4 Å². The zero-order valence-electron chi connectivity index (χ0n) is 7.65. The third kappa shape index (κ3) is 2.63. The summed E-state index contributed by atoms with van der Waals surface area (Å²) in [5.74, 6) is -1.53. The molecule has 0 fully saturated rings. The predicted molar refractivity (Wildman–Crippen MR) is 55.0 cm³/mol. The Labute approximate surface area is 87.1 Å². The molecule has 1 atom stereocenters. The van der Waals surface area contributed by atoms with Crippen LogP contribution >= 0.6 is 12.6 Å². The molecule has 0 aromatic carbocycles. The van der Waals surface area contributed by atoms with Gasteiger partial charge in [0.15, 0.2) is 5.78 Å². The van der Waals surface area contributed by atoms with E-state index in [0.29, 0.717) is 5.57 Å². The Morgan fingerprint density at radius 3 is 2.86 bits per heavy atom. The van der Waals surface area contributed by atoms with Crippen molar-refractivity contribution in [3.05, 3.63) is 23.4 Å². The van der Waals surface area contributed by atoms with Crippen molar-refractivity contribution in [1.82, 2.24) is 5.32 Å². The highest BCUT2D eigenvalue weighted by Gasteiger charge is 2.21. The van der Waals surface area contributed by atoms with Gasteiger partial charge in [0, 0.05) is 11.8 Å². The molecule has 2 N–H and O–H groups in total. The molecule has 4 nitrogen and oxygen atoms in total. The first-order valence-corrected chi connectivity index (χ1v) is 4.60. The van der Waals surface area contributed by atoms with Crippen molar-refractivity contribution >= 4 is 24.4 Å². The molecule has 0 saturated heterocycles. The maximum Gasteiger partial charge on any atom is 0.311 e. The van der Waals surface area contributed by atoms with Gasteiger partial charge in [-0.25, -0.2) is 0 Å². The van der Waals surface area contributed by atoms with Gasteiger partial charge in [0.1, 0.15) is 6.42 Å². The predicted octanol–water partition coefficient (Wildman–Crippen LogP) is 0.720. The van der Waals surface area contributed by atoms with E-state index in [4.69, 9.17) is 5.11 Å². The lowest BCUT2D eigenvalue weighted by molar-refractivity contribution is -0.139. The Balaban J connectivity index is 2.80. The van der Waals surface area contributed by atoms with E-state index in [0.717, 1.165) is 5.57 Å². The third-order valence-electron chi connectivity index (χ3n) is 1.78. The summed E-state index contributed by atoms with van der Waals surface area (Å²) >= 11 is 4.12. The molecule has 1 rings (SSSR count). The van der Waals surface area contributed by atoms with E-state index in [2.05, 4.69) is 17.9 Å². The second kappa shape index (κ2) is 4.32. The minimum Gasteiger partial charge on any atom is -0.481 e. The number of Topliss-reactive ketones (excluding diaryl/α,β-unsaturated/α-hetero) is 1. The monoisotopic (exact) mass is 213 g/mol. The summed E-state index contributed by atoms with van der Waals surface area (Å²) in [5.41, 5.74) is 1.28. The molecule has 1 aliphatic rings. The van der Waals surface area contributed by atoms with E-state index in [-0.39, 0.29) is 0 Å². The van der Waals surface area contributed by atoms with E-state index in [1.54, 1.807) is 12.3 Å². The Morgan fingerprint density at radius 1 is 1.64 bits per heavy atom. The Morgan fingerprint density at radius 2 is 2.29 bits per heavy atom. The number of dihydropyridines is 1. The number of aliphatic carboxylic acids is 1. The van der Waals surface area contributed by atoms with Crippen LogP contribution in [0.1, 0.15) is 13.3 Å². The van der Waals surface area contributed by atoms with Crippen molar-refractivity contribution in [2.45, 2.75) is 18.7 Å². The summed E-state index contributed by atoms with van der Waals surface area (Å²) in [6.07, 6.45) is 2.90.